The van der Waals surface area contributed by atoms with Crippen molar-refractivity contribution in [1.29, 1.82) is 0 Å². The summed E-state index contributed by atoms with van der Waals surface area (Å²) in [4.78, 5) is 0. The van der Waals surface area contributed by atoms with E-state index in [1.165, 1.54) is 57.4 Å². The Hall–Kier alpha value is -1.16. The van der Waals surface area contributed by atoms with Gasteiger partial charge in [-0.2, -0.15) is 0 Å². The molecule has 0 N–H and O–H groups in total. The predicted molar refractivity (Wildman–Crippen MR) is 128 cm³/mol. The van der Waals surface area contributed by atoms with Crippen LogP contribution in [0.15, 0.2) is 54.6 Å². The quantitative estimate of drug-likeness (QED) is 0.229. The van der Waals surface area contributed by atoms with E-state index < -0.39 is 18.4 Å². The Labute approximate surface area is 182 Å². The van der Waals surface area contributed by atoms with Gasteiger partial charge in [0.1, 0.15) is 0 Å². The Morgan fingerprint density at radius 1 is 0.655 bits per heavy atom. The summed E-state index contributed by atoms with van der Waals surface area (Å²) in [6.07, 6.45) is 8.06. The second-order valence-corrected chi connectivity index (χ2v) is 22.0. The fourth-order valence-corrected chi connectivity index (χ4v) is 18.1. The molecule has 0 aliphatic rings. The van der Waals surface area contributed by atoms with Gasteiger partial charge in [-0.15, -0.1) is 0 Å². The fraction of sp³-hybridized carbons (Fsp3) is 0.538. The third kappa shape index (κ3) is 9.02. The molecule has 3 heteroatoms. The second-order valence-electron chi connectivity index (χ2n) is 8.35. The second kappa shape index (κ2) is 14.0. The van der Waals surface area contributed by atoms with E-state index in [9.17, 15) is 0 Å². The minimum atomic E-state index is -2.26. The molecule has 0 unspecified atom stereocenters. The summed E-state index contributed by atoms with van der Waals surface area (Å²) in [5.41, 5.74) is 1.19. The zero-order valence-electron chi connectivity index (χ0n) is 18.8. The van der Waals surface area contributed by atoms with Crippen LogP contribution in [0.1, 0.15) is 64.9 Å². The molecular formula is C26H40O2Sn. The molecule has 0 heterocycles. The third-order valence-corrected chi connectivity index (χ3v) is 20.0. The van der Waals surface area contributed by atoms with Crippen molar-refractivity contribution in [1.82, 2.24) is 0 Å². The van der Waals surface area contributed by atoms with E-state index in [1.54, 1.807) is 0 Å². The number of ether oxygens (including phenoxy) is 2. The van der Waals surface area contributed by atoms with Gasteiger partial charge in [-0.3, -0.25) is 0 Å². The molecule has 0 saturated carbocycles. The first-order valence-electron chi connectivity index (χ1n) is 11.6. The van der Waals surface area contributed by atoms with E-state index in [1.807, 2.05) is 24.3 Å². The fourth-order valence-electron chi connectivity index (χ4n) is 3.88. The van der Waals surface area contributed by atoms with Crippen molar-refractivity contribution < 1.29 is 9.47 Å². The maximum atomic E-state index is 6.47. The third-order valence-electron chi connectivity index (χ3n) is 5.78. The van der Waals surface area contributed by atoms with Crippen molar-refractivity contribution in [2.24, 2.45) is 0 Å². The van der Waals surface area contributed by atoms with E-state index in [4.69, 9.17) is 9.47 Å². The zero-order valence-corrected chi connectivity index (χ0v) is 21.6. The Kier molecular flexibility index (Phi) is 11.6. The van der Waals surface area contributed by atoms with E-state index in [0.717, 1.165) is 16.1 Å². The first kappa shape index (κ1) is 24.1. The van der Waals surface area contributed by atoms with Gasteiger partial charge < -0.3 is 0 Å². The monoisotopic (exact) mass is 504 g/mol. The number of benzene rings is 2. The molecule has 2 aromatic carbocycles. The van der Waals surface area contributed by atoms with Crippen LogP contribution in [-0.2, 0) is 6.61 Å². The summed E-state index contributed by atoms with van der Waals surface area (Å²) in [6.45, 7) is 7.57. The van der Waals surface area contributed by atoms with Gasteiger partial charge in [-0.1, -0.05) is 0 Å². The molecule has 2 aromatic rings. The van der Waals surface area contributed by atoms with Crippen LogP contribution >= 0.6 is 0 Å². The molecule has 0 atom stereocenters. The number of unbranched alkanes of at least 4 members (excludes halogenated alkanes) is 3. The molecule has 0 saturated heterocycles. The Balaban J connectivity index is 2.00. The van der Waals surface area contributed by atoms with Gasteiger partial charge in [0, 0.05) is 0 Å². The summed E-state index contributed by atoms with van der Waals surface area (Å²) in [5.74, 6) is 1.86. The van der Waals surface area contributed by atoms with E-state index in [2.05, 4.69) is 51.1 Å². The molecule has 0 fully saturated rings. The molecule has 0 radical (unpaired) electrons. The minimum absolute atomic E-state index is 0.594. The van der Waals surface area contributed by atoms with Crippen LogP contribution in [-0.4, -0.2) is 23.0 Å². The van der Waals surface area contributed by atoms with Gasteiger partial charge >= 0.3 is 183 Å². The van der Waals surface area contributed by atoms with Crippen molar-refractivity contribution in [3.63, 3.8) is 0 Å². The van der Waals surface area contributed by atoms with Gasteiger partial charge in [0.05, 0.1) is 0 Å². The Morgan fingerprint density at radius 2 is 1.21 bits per heavy atom. The zero-order chi connectivity index (χ0) is 20.8. The van der Waals surface area contributed by atoms with Crippen LogP contribution in [0.4, 0.5) is 0 Å². The molecule has 0 aliphatic heterocycles. The van der Waals surface area contributed by atoms with E-state index >= 15 is 0 Å². The molecule has 0 spiro atoms. The summed E-state index contributed by atoms with van der Waals surface area (Å²) in [7, 11) is 0. The van der Waals surface area contributed by atoms with Crippen LogP contribution < -0.4 is 9.47 Å². The van der Waals surface area contributed by atoms with Gasteiger partial charge in [0.2, 0.25) is 0 Å². The molecule has 0 aliphatic carbocycles. The standard InChI is InChI=1S/C14H13O2.3C4H9.Sn/c1-15-13-8-5-9-14(10-13)16-11-12-6-3-2-4-7-12;3*1-3-4-2;/h2-10H,1,11H2;3*1,3-4H2,2H3;. The summed E-state index contributed by atoms with van der Waals surface area (Å²) in [5, 5.41) is 0. The summed E-state index contributed by atoms with van der Waals surface area (Å²) < 4.78 is 17.9. The molecule has 29 heavy (non-hydrogen) atoms. The average Bonchev–Trinajstić information content (AvgIpc) is 2.78. The van der Waals surface area contributed by atoms with Crippen LogP contribution in [0.5, 0.6) is 11.5 Å². The molecule has 0 amide bonds. The van der Waals surface area contributed by atoms with Gasteiger partial charge in [0.25, 0.3) is 0 Å². The molecule has 0 bridgehead atoms. The molecular weight excluding hydrogens is 463 g/mol. The van der Waals surface area contributed by atoms with Crippen LogP contribution in [0.25, 0.3) is 0 Å². The van der Waals surface area contributed by atoms with Gasteiger partial charge in [0.15, 0.2) is 0 Å². The van der Waals surface area contributed by atoms with Crippen molar-refractivity contribution in [2.75, 3.05) is 4.62 Å². The van der Waals surface area contributed by atoms with Crippen molar-refractivity contribution in [3.8, 4) is 11.5 Å². The normalized spacial score (nSPS) is 11.4. The van der Waals surface area contributed by atoms with Crippen molar-refractivity contribution in [2.45, 2.75) is 79.2 Å². The first-order valence-corrected chi connectivity index (χ1v) is 19.7. The van der Waals surface area contributed by atoms with E-state index in [-0.39, 0.29) is 0 Å². The van der Waals surface area contributed by atoms with Gasteiger partial charge in [-0.25, -0.2) is 0 Å². The van der Waals surface area contributed by atoms with E-state index in [0.29, 0.717) is 6.61 Å². The topological polar surface area (TPSA) is 18.5 Å². The van der Waals surface area contributed by atoms with Crippen LogP contribution in [0.3, 0.4) is 0 Å². The summed E-state index contributed by atoms with van der Waals surface area (Å²) in [6, 6.07) is 18.6. The van der Waals surface area contributed by atoms with Crippen LogP contribution in [0, 0.1) is 0 Å². The van der Waals surface area contributed by atoms with Crippen LogP contribution in [0.2, 0.25) is 13.3 Å². The molecule has 160 valence electrons. The SMILES string of the molecule is CCC[CH2][Sn]([CH2]CCC)([CH2]CCC)[CH2]Oc1cccc(OCc2ccccc2)c1. The number of hydrogen-bond donors (Lipinski definition) is 0. The number of rotatable bonds is 15. The average molecular weight is 503 g/mol. The predicted octanol–water partition coefficient (Wildman–Crippen LogP) is 8.03. The van der Waals surface area contributed by atoms with Crippen molar-refractivity contribution >= 4 is 18.4 Å². The Bertz CT molecular complexity index is 650. The summed E-state index contributed by atoms with van der Waals surface area (Å²) >= 11 is -2.26. The molecule has 2 rings (SSSR count). The number of hydrogen-bond acceptors (Lipinski definition) is 2. The van der Waals surface area contributed by atoms with Gasteiger partial charge in [-0.05, 0) is 0 Å². The first-order chi connectivity index (χ1) is 14.2. The Morgan fingerprint density at radius 3 is 1.76 bits per heavy atom. The van der Waals surface area contributed by atoms with Crippen molar-refractivity contribution in [3.05, 3.63) is 60.2 Å². The maximum absolute atomic E-state index is 6.47. The molecule has 2 nitrogen and oxygen atoms in total. The molecule has 0 aromatic heterocycles.